The van der Waals surface area contributed by atoms with Crippen molar-refractivity contribution in [1.29, 1.82) is 0 Å². The van der Waals surface area contributed by atoms with Gasteiger partial charge in [0.15, 0.2) is 0 Å². The molecule has 2 rings (SSSR count). The molecule has 0 N–H and O–H groups in total. The molecule has 2 nitrogen and oxygen atoms in total. The minimum Gasteiger partial charge on any atom is -0.494 e. The Morgan fingerprint density at radius 3 is 1.90 bits per heavy atom. The van der Waals surface area contributed by atoms with E-state index in [0.717, 1.165) is 42.6 Å². The minimum absolute atomic E-state index is 0.695. The summed E-state index contributed by atoms with van der Waals surface area (Å²) in [6.45, 7) is 2.92. The highest BCUT2D eigenvalue weighted by Crippen LogP contribution is 2.15. The normalized spacial score (nSPS) is 10.7. The Morgan fingerprint density at radius 1 is 0.857 bits per heavy atom. The molecule has 2 heteroatoms. The predicted molar refractivity (Wildman–Crippen MR) is 87.6 cm³/mol. The van der Waals surface area contributed by atoms with Crippen molar-refractivity contribution in [2.24, 2.45) is 0 Å². The highest BCUT2D eigenvalue weighted by atomic mass is 16.5. The molecule has 0 spiro atoms. The molecule has 2 aromatic carbocycles. The van der Waals surface area contributed by atoms with Gasteiger partial charge in [0.2, 0.25) is 0 Å². The van der Waals surface area contributed by atoms with E-state index < -0.39 is 0 Å². The first-order chi connectivity index (χ1) is 10.3. The molecule has 0 atom stereocenters. The number of carbonyl (C=O) groups excluding carboxylic acids is 1. The zero-order valence-corrected chi connectivity index (χ0v) is 12.3. The number of aldehydes is 1. The van der Waals surface area contributed by atoms with E-state index in [2.05, 4.69) is 6.92 Å². The van der Waals surface area contributed by atoms with E-state index in [9.17, 15) is 4.79 Å². The van der Waals surface area contributed by atoms with Gasteiger partial charge in [-0.2, -0.15) is 0 Å². The highest BCUT2D eigenvalue weighted by Gasteiger charge is 1.94. The number of carbonyl (C=O) groups is 1. The Kier molecular flexibility index (Phi) is 5.77. The van der Waals surface area contributed by atoms with Gasteiger partial charge in [0.1, 0.15) is 12.0 Å². The van der Waals surface area contributed by atoms with E-state index in [4.69, 9.17) is 4.74 Å². The fourth-order valence-electron chi connectivity index (χ4n) is 1.89. The predicted octanol–water partition coefficient (Wildman–Crippen LogP) is 4.85. The Hall–Kier alpha value is -2.35. The van der Waals surface area contributed by atoms with Crippen molar-refractivity contribution >= 4 is 18.4 Å². The van der Waals surface area contributed by atoms with E-state index in [0.29, 0.717) is 5.56 Å². The van der Waals surface area contributed by atoms with E-state index in [1.54, 1.807) is 0 Å². The van der Waals surface area contributed by atoms with Gasteiger partial charge in [0, 0.05) is 5.56 Å². The van der Waals surface area contributed by atoms with Crippen LogP contribution in [0.15, 0.2) is 48.5 Å². The molecule has 0 amide bonds. The SMILES string of the molecule is CCCCOc1ccc(/C=C/c2ccc(C=O)cc2)cc1. The molecular weight excluding hydrogens is 260 g/mol. The van der Waals surface area contributed by atoms with E-state index >= 15 is 0 Å². The summed E-state index contributed by atoms with van der Waals surface area (Å²) < 4.78 is 5.63. The summed E-state index contributed by atoms with van der Waals surface area (Å²) in [6.07, 6.45) is 7.15. The number of hydrogen-bond donors (Lipinski definition) is 0. The fourth-order valence-corrected chi connectivity index (χ4v) is 1.89. The zero-order chi connectivity index (χ0) is 14.9. The lowest BCUT2D eigenvalue weighted by Crippen LogP contribution is -1.95. The van der Waals surface area contributed by atoms with E-state index in [1.165, 1.54) is 0 Å². The molecule has 108 valence electrons. The first kappa shape index (κ1) is 15.0. The van der Waals surface area contributed by atoms with Gasteiger partial charge in [-0.3, -0.25) is 4.79 Å². The second-order valence-corrected chi connectivity index (χ2v) is 4.89. The van der Waals surface area contributed by atoms with Crippen molar-refractivity contribution in [3.05, 3.63) is 65.2 Å². The molecule has 0 aliphatic carbocycles. The molecule has 0 heterocycles. The summed E-state index contributed by atoms with van der Waals surface area (Å²) in [5.41, 5.74) is 2.89. The minimum atomic E-state index is 0.695. The first-order valence-electron chi connectivity index (χ1n) is 7.28. The van der Waals surface area contributed by atoms with Gasteiger partial charge in [-0.25, -0.2) is 0 Å². The van der Waals surface area contributed by atoms with Crippen molar-refractivity contribution in [3.8, 4) is 5.75 Å². The average molecular weight is 280 g/mol. The summed E-state index contributed by atoms with van der Waals surface area (Å²) in [4.78, 5) is 10.6. The number of rotatable bonds is 7. The van der Waals surface area contributed by atoms with Crippen LogP contribution >= 0.6 is 0 Å². The Morgan fingerprint density at radius 2 is 1.38 bits per heavy atom. The summed E-state index contributed by atoms with van der Waals surface area (Å²) in [5.74, 6) is 0.913. The fraction of sp³-hybridized carbons (Fsp3) is 0.211. The second-order valence-electron chi connectivity index (χ2n) is 4.89. The van der Waals surface area contributed by atoms with Gasteiger partial charge in [0.05, 0.1) is 6.61 Å². The number of unbranched alkanes of at least 4 members (excludes halogenated alkanes) is 1. The van der Waals surface area contributed by atoms with Crippen LogP contribution in [0, 0.1) is 0 Å². The maximum Gasteiger partial charge on any atom is 0.150 e. The van der Waals surface area contributed by atoms with E-state index in [-0.39, 0.29) is 0 Å². The molecular formula is C19H20O2. The maximum absolute atomic E-state index is 10.6. The zero-order valence-electron chi connectivity index (χ0n) is 12.3. The maximum atomic E-state index is 10.6. The van der Waals surface area contributed by atoms with Crippen molar-refractivity contribution in [1.82, 2.24) is 0 Å². The van der Waals surface area contributed by atoms with Crippen LogP contribution < -0.4 is 4.74 Å². The molecule has 0 bridgehead atoms. The van der Waals surface area contributed by atoms with Crippen molar-refractivity contribution in [3.63, 3.8) is 0 Å². The van der Waals surface area contributed by atoms with Crippen LogP contribution in [0.1, 0.15) is 41.3 Å². The van der Waals surface area contributed by atoms with Gasteiger partial charge in [0.25, 0.3) is 0 Å². The van der Waals surface area contributed by atoms with Crippen molar-refractivity contribution < 1.29 is 9.53 Å². The molecule has 0 aliphatic heterocycles. The topological polar surface area (TPSA) is 26.3 Å². The van der Waals surface area contributed by atoms with Gasteiger partial charge in [-0.15, -0.1) is 0 Å². The molecule has 21 heavy (non-hydrogen) atoms. The van der Waals surface area contributed by atoms with Crippen LogP contribution in [-0.4, -0.2) is 12.9 Å². The van der Waals surface area contributed by atoms with Crippen LogP contribution in [0.4, 0.5) is 0 Å². The highest BCUT2D eigenvalue weighted by molar-refractivity contribution is 5.76. The summed E-state index contributed by atoms with van der Waals surface area (Å²) in [5, 5.41) is 0. The Balaban J connectivity index is 1.95. The van der Waals surface area contributed by atoms with Crippen LogP contribution in [0.3, 0.4) is 0 Å². The Labute approximate surface area is 126 Å². The van der Waals surface area contributed by atoms with Crippen LogP contribution in [-0.2, 0) is 0 Å². The number of benzene rings is 2. The number of hydrogen-bond acceptors (Lipinski definition) is 2. The van der Waals surface area contributed by atoms with Crippen molar-refractivity contribution in [2.75, 3.05) is 6.61 Å². The largest absolute Gasteiger partial charge is 0.494 e. The van der Waals surface area contributed by atoms with Gasteiger partial charge in [-0.05, 0) is 29.7 Å². The van der Waals surface area contributed by atoms with E-state index in [1.807, 2.05) is 60.7 Å². The third kappa shape index (κ3) is 4.92. The molecule has 0 unspecified atom stereocenters. The first-order valence-corrected chi connectivity index (χ1v) is 7.28. The lowest BCUT2D eigenvalue weighted by atomic mass is 10.1. The number of ether oxygens (including phenoxy) is 1. The van der Waals surface area contributed by atoms with Gasteiger partial charge in [-0.1, -0.05) is 61.9 Å². The molecule has 0 saturated carbocycles. The van der Waals surface area contributed by atoms with Crippen LogP contribution in [0.5, 0.6) is 5.75 Å². The lowest BCUT2D eigenvalue weighted by Gasteiger charge is -2.05. The molecule has 0 aromatic heterocycles. The van der Waals surface area contributed by atoms with Gasteiger partial charge >= 0.3 is 0 Å². The quantitative estimate of drug-likeness (QED) is 0.412. The smallest absolute Gasteiger partial charge is 0.150 e. The lowest BCUT2D eigenvalue weighted by molar-refractivity contribution is 0.112. The molecule has 0 aliphatic rings. The van der Waals surface area contributed by atoms with Gasteiger partial charge < -0.3 is 4.74 Å². The monoisotopic (exact) mass is 280 g/mol. The summed E-state index contributed by atoms with van der Waals surface area (Å²) in [6, 6.07) is 15.6. The Bertz CT molecular complexity index is 580. The third-order valence-corrected chi connectivity index (χ3v) is 3.19. The average Bonchev–Trinajstić information content (AvgIpc) is 2.55. The molecule has 2 aromatic rings. The third-order valence-electron chi connectivity index (χ3n) is 3.19. The van der Waals surface area contributed by atoms with Crippen LogP contribution in [0.25, 0.3) is 12.2 Å². The molecule has 0 radical (unpaired) electrons. The summed E-state index contributed by atoms with van der Waals surface area (Å²) >= 11 is 0. The molecule has 0 saturated heterocycles. The second kappa shape index (κ2) is 8.05. The summed E-state index contributed by atoms with van der Waals surface area (Å²) in [7, 11) is 0. The standard InChI is InChI=1S/C19H20O2/c1-2-3-14-21-19-12-10-17(11-13-19)5-4-16-6-8-18(15-20)9-7-16/h4-13,15H,2-3,14H2,1H3/b5-4+. The van der Waals surface area contributed by atoms with Crippen LogP contribution in [0.2, 0.25) is 0 Å². The van der Waals surface area contributed by atoms with Crippen molar-refractivity contribution in [2.45, 2.75) is 19.8 Å². The molecule has 0 fully saturated rings.